The number of amides is 1. The number of piperidine rings is 1. The summed E-state index contributed by atoms with van der Waals surface area (Å²) in [5.41, 5.74) is 2.34. The van der Waals surface area contributed by atoms with Gasteiger partial charge in [0.1, 0.15) is 17.0 Å². The number of furan rings is 1. The summed E-state index contributed by atoms with van der Waals surface area (Å²) in [7, 11) is -1.95. The quantitative estimate of drug-likeness (QED) is 0.395. The fraction of sp³-hybridized carbons (Fsp3) is 0.280. The van der Waals surface area contributed by atoms with E-state index in [-0.39, 0.29) is 16.7 Å². The Bertz CT molecular complexity index is 1470. The predicted molar refractivity (Wildman–Crippen MR) is 135 cm³/mol. The maximum atomic E-state index is 12.9. The molecule has 0 spiro atoms. The predicted octanol–water partition coefficient (Wildman–Crippen LogP) is 4.91. The van der Waals surface area contributed by atoms with Gasteiger partial charge in [0.2, 0.25) is 15.9 Å². The van der Waals surface area contributed by atoms with Crippen molar-refractivity contribution in [2.24, 2.45) is 5.92 Å². The van der Waals surface area contributed by atoms with Crippen molar-refractivity contribution in [3.63, 3.8) is 0 Å². The Hall–Kier alpha value is -3.21. The molecule has 1 fully saturated rings. The molecule has 4 aromatic rings. The number of methoxy groups -OCH3 is 1. The van der Waals surface area contributed by atoms with Gasteiger partial charge in [0.25, 0.3) is 0 Å². The molecule has 0 bridgehead atoms. The van der Waals surface area contributed by atoms with Crippen molar-refractivity contribution in [1.29, 1.82) is 0 Å². The lowest BCUT2D eigenvalue weighted by molar-refractivity contribution is -0.120. The second kappa shape index (κ2) is 9.44. The molecule has 0 saturated carbocycles. The average Bonchev–Trinajstić information content (AvgIpc) is 3.50. The van der Waals surface area contributed by atoms with Gasteiger partial charge in [0.15, 0.2) is 10.9 Å². The Morgan fingerprint density at radius 3 is 2.60 bits per heavy atom. The molecule has 1 saturated heterocycles. The van der Waals surface area contributed by atoms with Gasteiger partial charge in [-0.05, 0) is 50.1 Å². The van der Waals surface area contributed by atoms with E-state index in [2.05, 4.69) is 10.3 Å². The lowest BCUT2D eigenvalue weighted by Crippen LogP contribution is -2.41. The van der Waals surface area contributed by atoms with Crippen LogP contribution < -0.4 is 10.1 Å². The molecule has 0 radical (unpaired) electrons. The number of benzene rings is 2. The molecule has 10 heteroatoms. The molecule has 1 aliphatic heterocycles. The highest BCUT2D eigenvalue weighted by Gasteiger charge is 2.32. The van der Waals surface area contributed by atoms with Crippen molar-refractivity contribution < 1.29 is 22.4 Å². The van der Waals surface area contributed by atoms with Crippen LogP contribution in [0.3, 0.4) is 0 Å². The van der Waals surface area contributed by atoms with E-state index in [1.165, 1.54) is 15.6 Å². The number of hydrogen-bond donors (Lipinski definition) is 1. The number of hydrogen-bond acceptors (Lipinski definition) is 7. The molecule has 35 heavy (non-hydrogen) atoms. The molecular weight excluding hydrogens is 486 g/mol. The van der Waals surface area contributed by atoms with Gasteiger partial charge in [-0.15, -0.1) is 11.3 Å². The second-order valence-corrected chi connectivity index (χ2v) is 11.3. The standard InChI is InChI=1S/C25H25N3O5S2/c1-16-3-7-20(8-4-16)35(30,31)28-11-9-17(10-12-28)24(29)27-25-26-21(15-34-25)23-13-18-5-6-19(32-2)14-22(18)33-23/h3-8,13-15,17H,9-12H2,1-2H3,(H,26,27,29). The largest absolute Gasteiger partial charge is 0.497 e. The van der Waals surface area contributed by atoms with Gasteiger partial charge in [-0.25, -0.2) is 13.4 Å². The Morgan fingerprint density at radius 1 is 1.14 bits per heavy atom. The fourth-order valence-corrected chi connectivity index (χ4v) is 6.31. The van der Waals surface area contributed by atoms with Crippen molar-refractivity contribution in [2.45, 2.75) is 24.7 Å². The van der Waals surface area contributed by atoms with E-state index in [0.29, 0.717) is 53.8 Å². The molecule has 3 heterocycles. The monoisotopic (exact) mass is 511 g/mol. The summed E-state index contributed by atoms with van der Waals surface area (Å²) in [6, 6.07) is 14.3. The summed E-state index contributed by atoms with van der Waals surface area (Å²) in [5.74, 6) is 0.903. The van der Waals surface area contributed by atoms with Gasteiger partial charge in [-0.2, -0.15) is 4.31 Å². The number of sulfonamides is 1. The minimum Gasteiger partial charge on any atom is -0.497 e. The Balaban J connectivity index is 1.21. The van der Waals surface area contributed by atoms with Gasteiger partial charge in [0, 0.05) is 35.8 Å². The number of aryl methyl sites for hydroxylation is 1. The second-order valence-electron chi connectivity index (χ2n) is 8.53. The maximum Gasteiger partial charge on any atom is 0.243 e. The number of nitrogens with one attached hydrogen (secondary N) is 1. The summed E-state index contributed by atoms with van der Waals surface area (Å²) in [6.45, 7) is 2.53. The van der Waals surface area contributed by atoms with Crippen molar-refractivity contribution in [3.8, 4) is 17.2 Å². The normalized spacial score (nSPS) is 15.4. The van der Waals surface area contributed by atoms with Crippen LogP contribution in [0.15, 0.2) is 63.2 Å². The number of rotatable bonds is 6. The van der Waals surface area contributed by atoms with E-state index < -0.39 is 10.0 Å². The fourth-order valence-electron chi connectivity index (χ4n) is 4.13. The minimum absolute atomic E-state index is 0.146. The topological polar surface area (TPSA) is 102 Å². The first kappa shape index (κ1) is 23.5. The smallest absolute Gasteiger partial charge is 0.243 e. The van der Waals surface area contributed by atoms with Crippen molar-refractivity contribution in [3.05, 3.63) is 59.5 Å². The van der Waals surface area contributed by atoms with Crippen molar-refractivity contribution in [2.75, 3.05) is 25.5 Å². The van der Waals surface area contributed by atoms with Gasteiger partial charge in [-0.3, -0.25) is 4.79 Å². The molecule has 8 nitrogen and oxygen atoms in total. The van der Waals surface area contributed by atoms with E-state index in [9.17, 15) is 13.2 Å². The lowest BCUT2D eigenvalue weighted by atomic mass is 9.97. The van der Waals surface area contributed by atoms with Gasteiger partial charge < -0.3 is 14.5 Å². The molecule has 2 aromatic heterocycles. The van der Waals surface area contributed by atoms with Crippen LogP contribution in [0.4, 0.5) is 5.13 Å². The number of ether oxygens (including phenoxy) is 1. The zero-order chi connectivity index (χ0) is 24.6. The first-order valence-electron chi connectivity index (χ1n) is 11.2. The Labute approximate surface area is 207 Å². The first-order chi connectivity index (χ1) is 16.8. The molecule has 0 unspecified atom stereocenters. The summed E-state index contributed by atoms with van der Waals surface area (Å²) in [5, 5.41) is 6.14. The first-order valence-corrected chi connectivity index (χ1v) is 13.6. The number of nitrogens with zero attached hydrogens (tertiary/aromatic N) is 2. The van der Waals surface area contributed by atoms with Gasteiger partial charge in [0.05, 0.1) is 12.0 Å². The summed E-state index contributed by atoms with van der Waals surface area (Å²) in [6.07, 6.45) is 0.918. The molecule has 5 rings (SSSR count). The lowest BCUT2D eigenvalue weighted by Gasteiger charge is -2.30. The molecule has 1 aliphatic rings. The molecule has 1 amide bonds. The molecule has 182 valence electrons. The van der Waals surface area contributed by atoms with Crippen LogP contribution in [0.2, 0.25) is 0 Å². The number of carbonyl (C=O) groups is 1. The maximum absolute atomic E-state index is 12.9. The number of aromatic nitrogens is 1. The summed E-state index contributed by atoms with van der Waals surface area (Å²) in [4.78, 5) is 17.6. The van der Waals surface area contributed by atoms with E-state index in [0.717, 1.165) is 10.9 Å². The van der Waals surface area contributed by atoms with E-state index in [4.69, 9.17) is 9.15 Å². The number of fused-ring (bicyclic) bond motifs is 1. The third-order valence-corrected chi connectivity index (χ3v) is 8.87. The van der Waals surface area contributed by atoms with Crippen LogP contribution >= 0.6 is 11.3 Å². The molecule has 1 N–H and O–H groups in total. The summed E-state index contributed by atoms with van der Waals surface area (Å²) < 4.78 is 38.4. The van der Waals surface area contributed by atoms with Crippen LogP contribution in [0.5, 0.6) is 5.75 Å². The third kappa shape index (κ3) is 4.82. The van der Waals surface area contributed by atoms with E-state index in [1.807, 2.05) is 36.6 Å². The van der Waals surface area contributed by atoms with Crippen LogP contribution in [-0.2, 0) is 14.8 Å². The molecule has 2 aromatic carbocycles. The Kier molecular flexibility index (Phi) is 6.35. The average molecular weight is 512 g/mol. The van der Waals surface area contributed by atoms with Crippen molar-refractivity contribution >= 4 is 43.4 Å². The van der Waals surface area contributed by atoms with Crippen LogP contribution in [-0.4, -0.2) is 43.8 Å². The summed E-state index contributed by atoms with van der Waals surface area (Å²) >= 11 is 1.32. The SMILES string of the molecule is COc1ccc2cc(-c3csc(NC(=O)C4CCN(S(=O)(=O)c5ccc(C)cc5)CC4)n3)oc2c1. The third-order valence-electron chi connectivity index (χ3n) is 6.20. The minimum atomic E-state index is -3.56. The number of thiazole rings is 1. The number of anilines is 1. The zero-order valence-corrected chi connectivity index (χ0v) is 21.0. The molecule has 0 aliphatic carbocycles. The highest BCUT2D eigenvalue weighted by atomic mass is 32.2. The van der Waals surface area contributed by atoms with Crippen molar-refractivity contribution in [1.82, 2.24) is 9.29 Å². The highest BCUT2D eigenvalue weighted by molar-refractivity contribution is 7.89. The van der Waals surface area contributed by atoms with Gasteiger partial charge >= 0.3 is 0 Å². The number of carbonyl (C=O) groups excluding carboxylic acids is 1. The van der Waals surface area contributed by atoms with Gasteiger partial charge in [-0.1, -0.05) is 17.7 Å². The van der Waals surface area contributed by atoms with Crippen LogP contribution in [0.1, 0.15) is 18.4 Å². The molecular formula is C25H25N3O5S2. The highest BCUT2D eigenvalue weighted by Crippen LogP contribution is 2.32. The van der Waals surface area contributed by atoms with E-state index >= 15 is 0 Å². The zero-order valence-electron chi connectivity index (χ0n) is 19.4. The molecule has 0 atom stereocenters. The van der Waals surface area contributed by atoms with Crippen LogP contribution in [0, 0.1) is 12.8 Å². The van der Waals surface area contributed by atoms with Crippen LogP contribution in [0.25, 0.3) is 22.4 Å². The Morgan fingerprint density at radius 2 is 1.89 bits per heavy atom. The van der Waals surface area contributed by atoms with E-state index in [1.54, 1.807) is 31.4 Å².